The van der Waals surface area contributed by atoms with Gasteiger partial charge in [-0.2, -0.15) is 0 Å². The molecule has 3 aliphatic heterocycles. The molecule has 2 aromatic rings. The number of hydrogen-bond donors (Lipinski definition) is 0. The number of rotatable bonds is 6. The Labute approximate surface area is 183 Å². The molecule has 2 aromatic carbocycles. The van der Waals surface area contributed by atoms with Gasteiger partial charge in [-0.15, -0.1) is 0 Å². The van der Waals surface area contributed by atoms with Crippen LogP contribution in [0.2, 0.25) is 0 Å². The van der Waals surface area contributed by atoms with Crippen LogP contribution in [0.15, 0.2) is 48.5 Å². The van der Waals surface area contributed by atoms with Crippen molar-refractivity contribution in [3.8, 4) is 5.75 Å². The van der Waals surface area contributed by atoms with Gasteiger partial charge in [-0.25, -0.2) is 0 Å². The molecule has 0 aliphatic carbocycles. The van der Waals surface area contributed by atoms with Crippen LogP contribution >= 0.6 is 0 Å². The molecule has 0 saturated carbocycles. The van der Waals surface area contributed by atoms with Crippen molar-refractivity contribution in [3.63, 3.8) is 0 Å². The van der Waals surface area contributed by atoms with Crippen LogP contribution in [0, 0.1) is 11.8 Å². The highest BCUT2D eigenvalue weighted by Gasteiger charge is 2.52. The molecule has 2 fully saturated rings. The van der Waals surface area contributed by atoms with Crippen LogP contribution in [0.4, 0.5) is 0 Å². The van der Waals surface area contributed by atoms with Crippen molar-refractivity contribution in [2.75, 3.05) is 39.8 Å². The van der Waals surface area contributed by atoms with Crippen LogP contribution in [0.1, 0.15) is 16.7 Å². The zero-order valence-corrected chi connectivity index (χ0v) is 18.0. The zero-order valence-electron chi connectivity index (χ0n) is 18.0. The fourth-order valence-corrected chi connectivity index (χ4v) is 5.31. The molecule has 3 aliphatic rings. The number of nitrogens with zero attached hydrogens (tertiary/aromatic N) is 3. The molecule has 0 radical (unpaired) electrons. The molecule has 2 atom stereocenters. The summed E-state index contributed by atoms with van der Waals surface area (Å²) in [4.78, 5) is 32.1. The van der Waals surface area contributed by atoms with Crippen molar-refractivity contribution in [3.05, 3.63) is 65.2 Å². The summed E-state index contributed by atoms with van der Waals surface area (Å²) >= 11 is 0. The van der Waals surface area contributed by atoms with Crippen LogP contribution in [-0.2, 0) is 29.1 Å². The third-order valence-corrected chi connectivity index (χ3v) is 7.00. The van der Waals surface area contributed by atoms with Crippen molar-refractivity contribution < 1.29 is 14.3 Å². The topological polar surface area (TPSA) is 53.1 Å². The first-order valence-corrected chi connectivity index (χ1v) is 11.1. The van der Waals surface area contributed by atoms with E-state index in [4.69, 9.17) is 4.74 Å². The molecular weight excluding hydrogens is 390 g/mol. The normalized spacial score (nSPS) is 23.8. The molecule has 3 heterocycles. The highest BCUT2D eigenvalue weighted by Crippen LogP contribution is 2.35. The number of benzene rings is 2. The predicted octanol–water partition coefficient (Wildman–Crippen LogP) is 2.17. The summed E-state index contributed by atoms with van der Waals surface area (Å²) < 4.78 is 5.45. The average molecular weight is 420 g/mol. The Kier molecular flexibility index (Phi) is 5.50. The van der Waals surface area contributed by atoms with Gasteiger partial charge in [0.15, 0.2) is 0 Å². The zero-order chi connectivity index (χ0) is 21.4. The molecule has 0 spiro atoms. The second-order valence-corrected chi connectivity index (χ2v) is 8.84. The van der Waals surface area contributed by atoms with E-state index in [0.717, 1.165) is 37.4 Å². The van der Waals surface area contributed by atoms with Crippen molar-refractivity contribution in [2.45, 2.75) is 19.5 Å². The summed E-state index contributed by atoms with van der Waals surface area (Å²) in [5, 5.41) is 0. The quantitative estimate of drug-likeness (QED) is 0.672. The number of ether oxygens (including phenoxy) is 1. The molecule has 0 bridgehead atoms. The number of likely N-dealkylation sites (tertiary alicyclic amines) is 2. The third kappa shape index (κ3) is 3.86. The molecule has 0 N–H and O–H groups in total. The minimum Gasteiger partial charge on any atom is -0.496 e. The van der Waals surface area contributed by atoms with Gasteiger partial charge in [0.05, 0.1) is 18.9 Å². The number of para-hydroxylation sites is 1. The van der Waals surface area contributed by atoms with Crippen LogP contribution in [0.3, 0.4) is 0 Å². The van der Waals surface area contributed by atoms with Gasteiger partial charge in [0, 0.05) is 51.4 Å². The second kappa shape index (κ2) is 8.44. The first-order chi connectivity index (χ1) is 15.1. The molecular formula is C25H29N3O3. The minimum absolute atomic E-state index is 0.00920. The van der Waals surface area contributed by atoms with Crippen LogP contribution in [0.25, 0.3) is 0 Å². The molecule has 162 valence electrons. The highest BCUT2D eigenvalue weighted by atomic mass is 16.5. The number of fused-ring (bicyclic) bond motifs is 2. The van der Waals surface area contributed by atoms with E-state index < -0.39 is 0 Å². The van der Waals surface area contributed by atoms with Gasteiger partial charge in [0.2, 0.25) is 11.8 Å². The van der Waals surface area contributed by atoms with Crippen LogP contribution in [0.5, 0.6) is 5.75 Å². The van der Waals surface area contributed by atoms with E-state index in [9.17, 15) is 9.59 Å². The molecule has 0 aromatic heterocycles. The summed E-state index contributed by atoms with van der Waals surface area (Å²) in [6.45, 7) is 5.10. The molecule has 6 nitrogen and oxygen atoms in total. The van der Waals surface area contributed by atoms with E-state index >= 15 is 0 Å². The maximum Gasteiger partial charge on any atom is 0.234 e. The summed E-state index contributed by atoms with van der Waals surface area (Å²) in [5.41, 5.74) is 3.86. The SMILES string of the molecule is COc1ccccc1CN1C[C@@H]2C(=O)N(CCN3CCc4ccccc4C3)C(=O)[C@@H]2C1. The number of hydrogen-bond acceptors (Lipinski definition) is 5. The van der Waals surface area contributed by atoms with Gasteiger partial charge in [0.25, 0.3) is 0 Å². The minimum atomic E-state index is -0.204. The fourth-order valence-electron chi connectivity index (χ4n) is 5.31. The Morgan fingerprint density at radius 2 is 1.55 bits per heavy atom. The van der Waals surface area contributed by atoms with Gasteiger partial charge < -0.3 is 4.74 Å². The lowest BCUT2D eigenvalue weighted by Crippen LogP contribution is -2.42. The lowest BCUT2D eigenvalue weighted by molar-refractivity contribution is -0.140. The first-order valence-electron chi connectivity index (χ1n) is 11.1. The predicted molar refractivity (Wildman–Crippen MR) is 117 cm³/mol. The summed E-state index contributed by atoms with van der Waals surface area (Å²) in [7, 11) is 1.67. The summed E-state index contributed by atoms with van der Waals surface area (Å²) in [5.74, 6) is 0.459. The Hall–Kier alpha value is -2.70. The second-order valence-electron chi connectivity index (χ2n) is 8.84. The van der Waals surface area contributed by atoms with Crippen molar-refractivity contribution in [1.29, 1.82) is 0 Å². The van der Waals surface area contributed by atoms with Crippen molar-refractivity contribution >= 4 is 11.8 Å². The maximum atomic E-state index is 13.0. The first kappa shape index (κ1) is 20.2. The third-order valence-electron chi connectivity index (χ3n) is 7.00. The van der Waals surface area contributed by atoms with E-state index in [1.165, 1.54) is 16.0 Å². The van der Waals surface area contributed by atoms with Crippen LogP contribution < -0.4 is 4.74 Å². The van der Waals surface area contributed by atoms with Gasteiger partial charge in [-0.05, 0) is 23.6 Å². The Morgan fingerprint density at radius 1 is 0.871 bits per heavy atom. The van der Waals surface area contributed by atoms with E-state index in [1.54, 1.807) is 7.11 Å². The molecule has 5 rings (SSSR count). The summed E-state index contributed by atoms with van der Waals surface area (Å²) in [6.07, 6.45) is 1.03. The highest BCUT2D eigenvalue weighted by molar-refractivity contribution is 6.05. The molecule has 2 saturated heterocycles. The maximum absolute atomic E-state index is 13.0. The van der Waals surface area contributed by atoms with Crippen molar-refractivity contribution in [1.82, 2.24) is 14.7 Å². The summed E-state index contributed by atoms with van der Waals surface area (Å²) in [6, 6.07) is 16.5. The lowest BCUT2D eigenvalue weighted by atomic mass is 10.00. The van der Waals surface area contributed by atoms with Crippen molar-refractivity contribution in [2.24, 2.45) is 11.8 Å². The Bertz CT molecular complexity index is 967. The van der Waals surface area contributed by atoms with Gasteiger partial charge >= 0.3 is 0 Å². The molecule has 2 amide bonds. The monoisotopic (exact) mass is 419 g/mol. The standard InChI is InChI=1S/C25H29N3O3/c1-31-23-9-5-4-8-20(23)15-27-16-21-22(17-27)25(30)28(24(21)29)13-12-26-11-10-18-6-2-3-7-19(18)14-26/h2-9,21-22H,10-17H2,1H3/t21-,22+. The van der Waals surface area contributed by atoms with Crippen LogP contribution in [-0.4, -0.2) is 66.3 Å². The Balaban J connectivity index is 1.18. The number of imide groups is 1. The smallest absolute Gasteiger partial charge is 0.234 e. The molecule has 6 heteroatoms. The Morgan fingerprint density at radius 3 is 2.29 bits per heavy atom. The average Bonchev–Trinajstić information content (AvgIpc) is 3.31. The molecule has 0 unspecified atom stereocenters. The largest absolute Gasteiger partial charge is 0.496 e. The number of carbonyl (C=O) groups is 2. The van der Waals surface area contributed by atoms with E-state index in [0.29, 0.717) is 26.2 Å². The number of carbonyl (C=O) groups excluding carboxylic acids is 2. The fraction of sp³-hybridized carbons (Fsp3) is 0.440. The van der Waals surface area contributed by atoms with Gasteiger partial charge in [0.1, 0.15) is 5.75 Å². The lowest BCUT2D eigenvalue weighted by Gasteiger charge is -2.30. The van der Waals surface area contributed by atoms with E-state index in [1.807, 2.05) is 24.3 Å². The van der Waals surface area contributed by atoms with Gasteiger partial charge in [-0.3, -0.25) is 24.3 Å². The van der Waals surface area contributed by atoms with E-state index in [-0.39, 0.29) is 23.7 Å². The van der Waals surface area contributed by atoms with Gasteiger partial charge in [-0.1, -0.05) is 42.5 Å². The number of methoxy groups -OCH3 is 1. The number of amides is 2. The molecule has 31 heavy (non-hydrogen) atoms. The van der Waals surface area contributed by atoms with E-state index in [2.05, 4.69) is 34.1 Å².